The third-order valence-electron chi connectivity index (χ3n) is 3.74. The van der Waals surface area contributed by atoms with Crippen LogP contribution in [0.15, 0.2) is 24.3 Å². The molecule has 0 radical (unpaired) electrons. The maximum absolute atomic E-state index is 12.1. The van der Waals surface area contributed by atoms with Crippen LogP contribution in [0.1, 0.15) is 26.2 Å². The van der Waals surface area contributed by atoms with Gasteiger partial charge < -0.3 is 19.7 Å². The molecule has 1 atom stereocenters. The van der Waals surface area contributed by atoms with Gasteiger partial charge in [-0.05, 0) is 31.2 Å². The molecule has 1 aliphatic heterocycles. The van der Waals surface area contributed by atoms with Gasteiger partial charge >= 0.3 is 5.97 Å². The minimum atomic E-state index is -0.394. The molecule has 7 heteroatoms. The number of nitrogens with zero attached hydrogens (tertiary/aromatic N) is 1. The maximum Gasteiger partial charge on any atom is 0.306 e. The number of hydrogen-bond acceptors (Lipinski definition) is 5. The molecular formula is C17H22N2O5. The third-order valence-corrected chi connectivity index (χ3v) is 3.74. The number of carbonyl (C=O) groups is 3. The number of rotatable bonds is 7. The van der Waals surface area contributed by atoms with Gasteiger partial charge in [-0.3, -0.25) is 14.4 Å². The van der Waals surface area contributed by atoms with Gasteiger partial charge in [0.2, 0.25) is 11.8 Å². The largest absolute Gasteiger partial charge is 0.497 e. The lowest BCUT2D eigenvalue weighted by Gasteiger charge is -2.17. The molecule has 0 spiro atoms. The fraction of sp³-hybridized carbons (Fsp3) is 0.471. The smallest absolute Gasteiger partial charge is 0.306 e. The van der Waals surface area contributed by atoms with Crippen LogP contribution in [0.25, 0.3) is 0 Å². The first kappa shape index (κ1) is 17.8. The zero-order valence-electron chi connectivity index (χ0n) is 13.9. The van der Waals surface area contributed by atoms with Gasteiger partial charge in [0, 0.05) is 25.1 Å². The molecule has 1 N–H and O–H groups in total. The maximum atomic E-state index is 12.1. The van der Waals surface area contributed by atoms with Crippen molar-refractivity contribution in [3.8, 4) is 5.75 Å². The van der Waals surface area contributed by atoms with E-state index in [1.165, 1.54) is 0 Å². The second-order valence-corrected chi connectivity index (χ2v) is 5.48. The minimum Gasteiger partial charge on any atom is -0.497 e. The van der Waals surface area contributed by atoms with E-state index in [-0.39, 0.29) is 37.1 Å². The van der Waals surface area contributed by atoms with Gasteiger partial charge in [0.1, 0.15) is 5.75 Å². The fourth-order valence-electron chi connectivity index (χ4n) is 2.56. The zero-order valence-corrected chi connectivity index (χ0v) is 13.9. The zero-order chi connectivity index (χ0) is 17.5. The van der Waals surface area contributed by atoms with Crippen molar-refractivity contribution in [2.24, 2.45) is 0 Å². The molecule has 1 aliphatic rings. The van der Waals surface area contributed by atoms with Gasteiger partial charge in [0.05, 0.1) is 26.2 Å². The summed E-state index contributed by atoms with van der Waals surface area (Å²) in [5.41, 5.74) is 0.768. The summed E-state index contributed by atoms with van der Waals surface area (Å²) in [7, 11) is 1.58. The second kappa shape index (κ2) is 8.33. The van der Waals surface area contributed by atoms with Crippen LogP contribution < -0.4 is 15.0 Å². The molecule has 2 rings (SSSR count). The molecule has 1 unspecified atom stereocenters. The van der Waals surface area contributed by atoms with E-state index < -0.39 is 5.97 Å². The Balaban J connectivity index is 1.85. The van der Waals surface area contributed by atoms with E-state index in [1.54, 1.807) is 31.1 Å². The van der Waals surface area contributed by atoms with E-state index in [0.717, 1.165) is 5.69 Å². The van der Waals surface area contributed by atoms with Gasteiger partial charge in [0.25, 0.3) is 0 Å². The van der Waals surface area contributed by atoms with E-state index >= 15 is 0 Å². The van der Waals surface area contributed by atoms with E-state index in [4.69, 9.17) is 9.47 Å². The van der Waals surface area contributed by atoms with Crippen molar-refractivity contribution in [1.29, 1.82) is 0 Å². The molecule has 0 aromatic heterocycles. The molecule has 0 bridgehead atoms. The molecule has 24 heavy (non-hydrogen) atoms. The summed E-state index contributed by atoms with van der Waals surface area (Å²) < 4.78 is 9.88. The first-order valence-electron chi connectivity index (χ1n) is 7.93. The summed E-state index contributed by atoms with van der Waals surface area (Å²) in [5.74, 6) is 0.0255. The summed E-state index contributed by atoms with van der Waals surface area (Å²) in [5, 5.41) is 2.80. The number of carbonyl (C=O) groups excluding carboxylic acids is 3. The monoisotopic (exact) mass is 334 g/mol. The van der Waals surface area contributed by atoms with Crippen LogP contribution in [0.2, 0.25) is 0 Å². The summed E-state index contributed by atoms with van der Waals surface area (Å²) in [6, 6.07) is 6.93. The average molecular weight is 334 g/mol. The van der Waals surface area contributed by atoms with E-state index in [0.29, 0.717) is 18.9 Å². The van der Waals surface area contributed by atoms with Gasteiger partial charge in [-0.2, -0.15) is 0 Å². The van der Waals surface area contributed by atoms with Gasteiger partial charge in [-0.1, -0.05) is 0 Å². The molecule has 2 amide bonds. The topological polar surface area (TPSA) is 84.9 Å². The lowest BCUT2D eigenvalue weighted by atomic mass is 10.2. The Labute approximate surface area is 140 Å². The molecule has 130 valence electrons. The number of nitrogens with one attached hydrogen (secondary N) is 1. The number of amides is 2. The normalized spacial score (nSPS) is 16.8. The van der Waals surface area contributed by atoms with Crippen LogP contribution >= 0.6 is 0 Å². The summed E-state index contributed by atoms with van der Waals surface area (Å²) in [6.07, 6.45) is 0.353. The van der Waals surface area contributed by atoms with Crippen LogP contribution in [0.5, 0.6) is 5.75 Å². The first-order chi connectivity index (χ1) is 11.5. The van der Waals surface area contributed by atoms with Gasteiger partial charge in [-0.25, -0.2) is 0 Å². The molecule has 7 nitrogen and oxygen atoms in total. The number of esters is 1. The quantitative estimate of drug-likeness (QED) is 0.759. The molecule has 1 saturated heterocycles. The highest BCUT2D eigenvalue weighted by Gasteiger charge is 2.31. The summed E-state index contributed by atoms with van der Waals surface area (Å²) >= 11 is 0. The first-order valence-corrected chi connectivity index (χ1v) is 7.93. The Morgan fingerprint density at radius 1 is 1.25 bits per heavy atom. The predicted octanol–water partition coefficient (Wildman–Crippen LogP) is 1.26. The van der Waals surface area contributed by atoms with Crippen molar-refractivity contribution < 1.29 is 23.9 Å². The van der Waals surface area contributed by atoms with Gasteiger partial charge in [0.15, 0.2) is 0 Å². The van der Waals surface area contributed by atoms with Crippen molar-refractivity contribution in [1.82, 2.24) is 5.32 Å². The minimum absolute atomic E-state index is 0.0442. The second-order valence-electron chi connectivity index (χ2n) is 5.48. The van der Waals surface area contributed by atoms with E-state index in [9.17, 15) is 14.4 Å². The Morgan fingerprint density at radius 2 is 1.96 bits per heavy atom. The highest BCUT2D eigenvalue weighted by atomic mass is 16.5. The van der Waals surface area contributed by atoms with E-state index in [1.807, 2.05) is 12.1 Å². The average Bonchev–Trinajstić information content (AvgIpc) is 2.93. The Bertz CT molecular complexity index is 600. The number of ether oxygens (including phenoxy) is 2. The van der Waals surface area contributed by atoms with Crippen molar-refractivity contribution in [3.05, 3.63) is 24.3 Å². The standard InChI is InChI=1S/C17H22N2O5/c1-3-24-17(22)9-8-15(20)18-12-10-16(21)19(11-12)13-4-6-14(23-2)7-5-13/h4-7,12H,3,8-11H2,1-2H3,(H,18,20). The molecule has 1 heterocycles. The summed E-state index contributed by atoms with van der Waals surface area (Å²) in [4.78, 5) is 36.9. The van der Waals surface area contributed by atoms with E-state index in [2.05, 4.69) is 5.32 Å². The molecule has 1 aromatic carbocycles. The van der Waals surface area contributed by atoms with Crippen LogP contribution in [0.3, 0.4) is 0 Å². The van der Waals surface area contributed by atoms with Crippen molar-refractivity contribution >= 4 is 23.5 Å². The lowest BCUT2D eigenvalue weighted by Crippen LogP contribution is -2.37. The molecule has 0 saturated carbocycles. The van der Waals surface area contributed by atoms with Crippen LogP contribution in [-0.4, -0.2) is 44.1 Å². The number of methoxy groups -OCH3 is 1. The van der Waals surface area contributed by atoms with Crippen molar-refractivity contribution in [2.75, 3.05) is 25.2 Å². The molecule has 1 aromatic rings. The molecular weight excluding hydrogens is 312 g/mol. The SMILES string of the molecule is CCOC(=O)CCC(=O)NC1CC(=O)N(c2ccc(OC)cc2)C1. The molecule has 0 aliphatic carbocycles. The predicted molar refractivity (Wildman–Crippen MR) is 87.8 cm³/mol. The number of hydrogen-bond donors (Lipinski definition) is 1. The Hall–Kier alpha value is -2.57. The fourth-order valence-corrected chi connectivity index (χ4v) is 2.56. The van der Waals surface area contributed by atoms with Gasteiger partial charge in [-0.15, -0.1) is 0 Å². The van der Waals surface area contributed by atoms with Crippen molar-refractivity contribution in [2.45, 2.75) is 32.2 Å². The highest BCUT2D eigenvalue weighted by molar-refractivity contribution is 5.97. The number of benzene rings is 1. The Kier molecular flexibility index (Phi) is 6.17. The van der Waals surface area contributed by atoms with Crippen LogP contribution in [0, 0.1) is 0 Å². The summed E-state index contributed by atoms with van der Waals surface area (Å²) in [6.45, 7) is 2.43. The van der Waals surface area contributed by atoms with Crippen molar-refractivity contribution in [3.63, 3.8) is 0 Å². The van der Waals surface area contributed by atoms with Crippen LogP contribution in [0.4, 0.5) is 5.69 Å². The third kappa shape index (κ3) is 4.71. The van der Waals surface area contributed by atoms with Crippen LogP contribution in [-0.2, 0) is 19.1 Å². The lowest BCUT2D eigenvalue weighted by molar-refractivity contribution is -0.144. The number of anilines is 1. The highest BCUT2D eigenvalue weighted by Crippen LogP contribution is 2.24. The Morgan fingerprint density at radius 3 is 2.58 bits per heavy atom. The molecule has 1 fully saturated rings.